The molecule has 2 N–H and O–H groups in total. The number of carbonyl (C=O) groups is 1. The second-order valence-electron chi connectivity index (χ2n) is 7.21. The minimum atomic E-state index is -0.0159. The van der Waals surface area contributed by atoms with Crippen LogP contribution in [-0.2, 0) is 4.74 Å². The highest BCUT2D eigenvalue weighted by molar-refractivity contribution is 5.74. The summed E-state index contributed by atoms with van der Waals surface area (Å²) in [5, 5.41) is 6.26. The van der Waals surface area contributed by atoms with E-state index in [0.29, 0.717) is 6.04 Å². The fourth-order valence-electron chi connectivity index (χ4n) is 4.22. The van der Waals surface area contributed by atoms with Crippen molar-refractivity contribution in [3.63, 3.8) is 0 Å². The lowest BCUT2D eigenvalue weighted by molar-refractivity contribution is 0.107. The number of nitrogens with one attached hydrogen (secondary N) is 2. The average molecular weight is 309 g/mol. The van der Waals surface area contributed by atoms with E-state index in [1.165, 1.54) is 45.1 Å². The van der Waals surface area contributed by atoms with Crippen LogP contribution in [0.4, 0.5) is 4.79 Å². The predicted molar refractivity (Wildman–Crippen MR) is 87.0 cm³/mol. The maximum absolute atomic E-state index is 12.2. The Bertz CT molecular complexity index is 371. The second-order valence-corrected chi connectivity index (χ2v) is 7.21. The Morgan fingerprint density at radius 1 is 1.05 bits per heavy atom. The van der Waals surface area contributed by atoms with E-state index in [1.54, 1.807) is 0 Å². The van der Waals surface area contributed by atoms with E-state index in [2.05, 4.69) is 15.5 Å². The summed E-state index contributed by atoms with van der Waals surface area (Å²) in [4.78, 5) is 14.8. The van der Waals surface area contributed by atoms with Crippen LogP contribution in [0.5, 0.6) is 0 Å². The van der Waals surface area contributed by atoms with Gasteiger partial charge in [0.2, 0.25) is 0 Å². The van der Waals surface area contributed by atoms with E-state index < -0.39 is 0 Å². The molecule has 22 heavy (non-hydrogen) atoms. The van der Waals surface area contributed by atoms with Crippen LogP contribution in [-0.4, -0.2) is 54.9 Å². The van der Waals surface area contributed by atoms with Crippen molar-refractivity contribution in [1.29, 1.82) is 0 Å². The van der Waals surface area contributed by atoms with Crippen molar-refractivity contribution in [3.8, 4) is 0 Å². The second kappa shape index (κ2) is 7.64. The first-order valence-electron chi connectivity index (χ1n) is 9.15. The Morgan fingerprint density at radius 2 is 1.86 bits per heavy atom. The van der Waals surface area contributed by atoms with Crippen LogP contribution in [0.15, 0.2) is 0 Å². The maximum atomic E-state index is 12.2. The summed E-state index contributed by atoms with van der Waals surface area (Å²) in [6.07, 6.45) is 10.2. The van der Waals surface area contributed by atoms with Crippen molar-refractivity contribution in [2.24, 2.45) is 0 Å². The van der Waals surface area contributed by atoms with Crippen molar-refractivity contribution in [2.75, 3.05) is 19.7 Å². The maximum Gasteiger partial charge on any atom is 0.315 e. The first kappa shape index (κ1) is 16.1. The number of rotatable bonds is 3. The van der Waals surface area contributed by atoms with Gasteiger partial charge in [0.25, 0.3) is 0 Å². The summed E-state index contributed by atoms with van der Waals surface area (Å²) >= 11 is 0. The van der Waals surface area contributed by atoms with Crippen molar-refractivity contribution >= 4 is 6.03 Å². The zero-order valence-corrected chi connectivity index (χ0v) is 13.9. The van der Waals surface area contributed by atoms with Gasteiger partial charge in [-0.3, -0.25) is 4.90 Å². The number of urea groups is 1. The minimum Gasteiger partial charge on any atom is -0.376 e. The molecule has 126 valence electrons. The van der Waals surface area contributed by atoms with Crippen LogP contribution in [0.25, 0.3) is 0 Å². The Hall–Kier alpha value is -0.810. The third-order valence-corrected chi connectivity index (χ3v) is 5.57. The summed E-state index contributed by atoms with van der Waals surface area (Å²) < 4.78 is 5.50. The van der Waals surface area contributed by atoms with Gasteiger partial charge in [-0.25, -0.2) is 4.79 Å². The number of ether oxygens (including phenoxy) is 1. The molecule has 0 aromatic rings. The third-order valence-electron chi connectivity index (χ3n) is 5.57. The molecule has 3 atom stereocenters. The topological polar surface area (TPSA) is 53.6 Å². The number of amides is 2. The molecule has 0 spiro atoms. The molecule has 3 rings (SSSR count). The van der Waals surface area contributed by atoms with Gasteiger partial charge in [0.15, 0.2) is 0 Å². The van der Waals surface area contributed by atoms with Gasteiger partial charge in [-0.1, -0.05) is 19.3 Å². The number of nitrogens with zero attached hydrogens (tertiary/aromatic N) is 1. The molecule has 0 radical (unpaired) electrons. The summed E-state index contributed by atoms with van der Waals surface area (Å²) in [6, 6.07) is 1.20. The zero-order chi connectivity index (χ0) is 15.4. The lowest BCUT2D eigenvalue weighted by Gasteiger charge is -2.40. The Morgan fingerprint density at radius 3 is 2.59 bits per heavy atom. The largest absolute Gasteiger partial charge is 0.376 e. The quantitative estimate of drug-likeness (QED) is 0.841. The lowest BCUT2D eigenvalue weighted by Crippen LogP contribution is -2.54. The van der Waals surface area contributed by atoms with Crippen molar-refractivity contribution in [3.05, 3.63) is 0 Å². The number of hydrogen-bond acceptors (Lipinski definition) is 3. The van der Waals surface area contributed by atoms with Crippen LogP contribution < -0.4 is 10.6 Å². The average Bonchev–Trinajstić information content (AvgIpc) is 2.93. The Balaban J connectivity index is 1.44. The van der Waals surface area contributed by atoms with Gasteiger partial charge in [0, 0.05) is 25.2 Å². The molecule has 0 unspecified atom stereocenters. The van der Waals surface area contributed by atoms with E-state index in [4.69, 9.17) is 4.74 Å². The first-order chi connectivity index (χ1) is 10.7. The highest BCUT2D eigenvalue weighted by Crippen LogP contribution is 2.25. The molecule has 1 aliphatic carbocycles. The van der Waals surface area contributed by atoms with Crippen LogP contribution in [0, 0.1) is 0 Å². The summed E-state index contributed by atoms with van der Waals surface area (Å²) in [7, 11) is 0. The number of hydrogen-bond donors (Lipinski definition) is 2. The van der Waals surface area contributed by atoms with Gasteiger partial charge in [-0.15, -0.1) is 0 Å². The molecule has 0 aromatic heterocycles. The molecule has 5 heteroatoms. The summed E-state index contributed by atoms with van der Waals surface area (Å²) in [5.41, 5.74) is 0. The minimum absolute atomic E-state index is 0.0159. The van der Waals surface area contributed by atoms with Gasteiger partial charge < -0.3 is 15.4 Å². The van der Waals surface area contributed by atoms with Gasteiger partial charge in [0.1, 0.15) is 0 Å². The Kier molecular flexibility index (Phi) is 5.58. The molecule has 2 amide bonds. The monoisotopic (exact) mass is 309 g/mol. The number of carbonyl (C=O) groups excluding carboxylic acids is 1. The summed E-state index contributed by atoms with van der Waals surface area (Å²) in [6.45, 7) is 5.02. The van der Waals surface area contributed by atoms with Crippen LogP contribution in [0.1, 0.15) is 58.3 Å². The van der Waals surface area contributed by atoms with Crippen LogP contribution in [0.2, 0.25) is 0 Å². The van der Waals surface area contributed by atoms with Gasteiger partial charge in [-0.05, 0) is 45.6 Å². The van der Waals surface area contributed by atoms with Gasteiger partial charge in [-0.2, -0.15) is 0 Å². The van der Waals surface area contributed by atoms with E-state index in [0.717, 1.165) is 32.0 Å². The molecule has 3 fully saturated rings. The van der Waals surface area contributed by atoms with Crippen molar-refractivity contribution in [2.45, 2.75) is 82.5 Å². The molecule has 0 bridgehead atoms. The zero-order valence-electron chi connectivity index (χ0n) is 13.9. The highest BCUT2D eigenvalue weighted by atomic mass is 16.5. The molecule has 2 saturated heterocycles. The molecule has 0 aromatic carbocycles. The SMILES string of the molecule is C[C@@H]1OCC[C@H]1NC(=O)N[C@H]1CCCN(C2CCCCC2)C1. The van der Waals surface area contributed by atoms with Gasteiger partial charge in [0.05, 0.1) is 12.1 Å². The molecule has 2 aliphatic heterocycles. The summed E-state index contributed by atoms with van der Waals surface area (Å²) in [5.74, 6) is 0. The van der Waals surface area contributed by atoms with E-state index >= 15 is 0 Å². The van der Waals surface area contributed by atoms with E-state index in [1.807, 2.05) is 6.92 Å². The molecule has 5 nitrogen and oxygen atoms in total. The van der Waals surface area contributed by atoms with Crippen LogP contribution in [0.3, 0.4) is 0 Å². The lowest BCUT2D eigenvalue weighted by atomic mass is 9.92. The standard InChI is InChI=1S/C17H31N3O2/c1-13-16(9-11-22-13)19-17(21)18-14-6-5-10-20(12-14)15-7-3-2-4-8-15/h13-16H,2-12H2,1H3,(H2,18,19,21)/t13-,14-,16+/m0/s1. The van der Waals surface area contributed by atoms with Crippen molar-refractivity contribution < 1.29 is 9.53 Å². The van der Waals surface area contributed by atoms with Gasteiger partial charge >= 0.3 is 6.03 Å². The number of piperidine rings is 1. The predicted octanol–water partition coefficient (Wildman–Crippen LogP) is 2.26. The molecular formula is C17H31N3O2. The normalized spacial score (nSPS) is 34.5. The fraction of sp³-hybridized carbons (Fsp3) is 0.941. The highest BCUT2D eigenvalue weighted by Gasteiger charge is 2.29. The first-order valence-corrected chi connectivity index (χ1v) is 9.15. The smallest absolute Gasteiger partial charge is 0.315 e. The van der Waals surface area contributed by atoms with Crippen LogP contribution >= 0.6 is 0 Å². The van der Waals surface area contributed by atoms with E-state index in [-0.39, 0.29) is 18.2 Å². The number of likely N-dealkylation sites (tertiary alicyclic amines) is 1. The van der Waals surface area contributed by atoms with E-state index in [9.17, 15) is 4.79 Å². The Labute approximate surface area is 134 Å². The molecule has 3 aliphatic rings. The van der Waals surface area contributed by atoms with Crippen molar-refractivity contribution in [1.82, 2.24) is 15.5 Å². The fourth-order valence-corrected chi connectivity index (χ4v) is 4.22. The molecule has 2 heterocycles. The molecular weight excluding hydrogens is 278 g/mol. The third kappa shape index (κ3) is 4.13. The molecule has 1 saturated carbocycles.